The van der Waals surface area contributed by atoms with Gasteiger partial charge < -0.3 is 5.11 Å². The van der Waals surface area contributed by atoms with Gasteiger partial charge in [-0.15, -0.1) is 0 Å². The molecule has 1 unspecified atom stereocenters. The molecule has 0 aromatic rings. The highest BCUT2D eigenvalue weighted by molar-refractivity contribution is 6.22. The normalized spacial score (nSPS) is 16.2. The van der Waals surface area contributed by atoms with Crippen LogP contribution in [0.15, 0.2) is 11.6 Å². The van der Waals surface area contributed by atoms with Gasteiger partial charge in [0.05, 0.1) is 0 Å². The van der Waals surface area contributed by atoms with Crippen LogP contribution in [0.25, 0.3) is 0 Å². The van der Waals surface area contributed by atoms with Crippen LogP contribution in [-0.4, -0.2) is 21.4 Å². The predicted molar refractivity (Wildman–Crippen MR) is 52.8 cm³/mol. The molecule has 0 spiro atoms. The fourth-order valence-electron chi connectivity index (χ4n) is 0.952. The molecule has 0 heterocycles. The van der Waals surface area contributed by atoms with Crippen molar-refractivity contribution in [2.75, 3.05) is 0 Å². The largest absolute Gasteiger partial charge is 0.375 e. The van der Waals surface area contributed by atoms with Crippen molar-refractivity contribution in [2.45, 2.75) is 38.2 Å². The van der Waals surface area contributed by atoms with Gasteiger partial charge in [0.15, 0.2) is 0 Å². The van der Waals surface area contributed by atoms with E-state index in [0.29, 0.717) is 6.42 Å². The van der Waals surface area contributed by atoms with E-state index in [-0.39, 0.29) is 12.0 Å². The van der Waals surface area contributed by atoms with Crippen molar-refractivity contribution in [1.82, 2.24) is 0 Å². The third-order valence-corrected chi connectivity index (χ3v) is 1.67. The highest BCUT2D eigenvalue weighted by atomic mass is 35.5. The van der Waals surface area contributed by atoms with Crippen molar-refractivity contribution < 1.29 is 20.0 Å². The number of carbonyl (C=O) groups is 1. The number of aliphatic hydroxyl groups is 1. The maximum atomic E-state index is 11.0. The average Bonchev–Trinajstić information content (AvgIpc) is 2.09. The number of rotatable bonds is 5. The molecule has 0 rings (SSSR count). The molecule has 0 bridgehead atoms. The molecule has 0 aliphatic heterocycles. The molecule has 1 atom stereocenters. The van der Waals surface area contributed by atoms with Gasteiger partial charge in [-0.2, -0.15) is 5.26 Å². The summed E-state index contributed by atoms with van der Waals surface area (Å²) in [5.41, 5.74) is 0.175. The first-order chi connectivity index (χ1) is 6.40. The van der Waals surface area contributed by atoms with Gasteiger partial charge in [0.2, 0.25) is 0 Å². The first kappa shape index (κ1) is 13.4. The van der Waals surface area contributed by atoms with Crippen molar-refractivity contribution in [3.05, 3.63) is 11.6 Å². The number of halogens is 1. The molecule has 0 aromatic heterocycles. The van der Waals surface area contributed by atoms with E-state index in [9.17, 15) is 9.90 Å². The highest BCUT2D eigenvalue weighted by Gasteiger charge is 2.23. The lowest BCUT2D eigenvalue weighted by Crippen LogP contribution is -2.19. The Hall–Kier alpha value is -0.580. The fraction of sp³-hybridized carbons (Fsp3) is 0.667. The minimum absolute atomic E-state index is 0.0616. The maximum absolute atomic E-state index is 11.0. The summed E-state index contributed by atoms with van der Waals surface area (Å²) < 4.78 is 0. The molecule has 5 heteroatoms. The molecule has 2 N–H and O–H groups in total. The number of allylic oxidation sites excluding steroid dienone is 1. The molecule has 4 nitrogen and oxygen atoms in total. The van der Waals surface area contributed by atoms with Gasteiger partial charge in [-0.05, 0) is 13.3 Å². The van der Waals surface area contributed by atoms with Crippen LogP contribution >= 0.6 is 11.6 Å². The Balaban J connectivity index is 4.49. The zero-order chi connectivity index (χ0) is 11.2. The topological polar surface area (TPSA) is 66.8 Å². The van der Waals surface area contributed by atoms with Crippen molar-refractivity contribution in [1.29, 1.82) is 0 Å². The van der Waals surface area contributed by atoms with E-state index in [2.05, 4.69) is 4.89 Å². The van der Waals surface area contributed by atoms with Crippen LogP contribution in [0, 0.1) is 0 Å². The summed E-state index contributed by atoms with van der Waals surface area (Å²) in [6.07, 6.45) is 3.05. The van der Waals surface area contributed by atoms with E-state index in [1.807, 2.05) is 6.92 Å². The lowest BCUT2D eigenvalue weighted by Gasteiger charge is -2.14. The predicted octanol–water partition coefficient (Wildman–Crippen LogP) is 2.07. The summed E-state index contributed by atoms with van der Waals surface area (Å²) in [5.74, 6) is -0.876. The van der Waals surface area contributed by atoms with Crippen LogP contribution in [-0.2, 0) is 9.68 Å². The Kier molecular flexibility index (Phi) is 5.76. The van der Waals surface area contributed by atoms with E-state index in [1.165, 1.54) is 6.92 Å². The second-order valence-electron chi connectivity index (χ2n) is 3.22. The van der Waals surface area contributed by atoms with Gasteiger partial charge in [-0.1, -0.05) is 31.0 Å². The molecule has 0 aliphatic carbocycles. The second kappa shape index (κ2) is 6.01. The zero-order valence-electron chi connectivity index (χ0n) is 8.29. The van der Waals surface area contributed by atoms with E-state index in [0.717, 1.165) is 6.42 Å². The van der Waals surface area contributed by atoms with E-state index < -0.39 is 11.0 Å². The molecule has 0 fully saturated rings. The summed E-state index contributed by atoms with van der Waals surface area (Å²) in [6.45, 7) is 3.30. The third-order valence-electron chi connectivity index (χ3n) is 1.54. The Morgan fingerprint density at radius 1 is 1.64 bits per heavy atom. The molecule has 14 heavy (non-hydrogen) atoms. The van der Waals surface area contributed by atoms with Crippen molar-refractivity contribution in [3.8, 4) is 0 Å². The van der Waals surface area contributed by atoms with Gasteiger partial charge in [0.1, 0.15) is 5.06 Å². The average molecular weight is 223 g/mol. The van der Waals surface area contributed by atoms with Crippen LogP contribution in [0.2, 0.25) is 0 Å². The van der Waals surface area contributed by atoms with E-state index >= 15 is 0 Å². The molecule has 0 aromatic carbocycles. The molecule has 82 valence electrons. The SMILES string of the molecule is CCCC=C(CC(C)(O)Cl)C(=O)OO. The fourth-order valence-corrected chi connectivity index (χ4v) is 1.10. The van der Waals surface area contributed by atoms with E-state index in [1.54, 1.807) is 6.08 Å². The minimum Gasteiger partial charge on any atom is -0.375 e. The van der Waals surface area contributed by atoms with Crippen LogP contribution in [0.3, 0.4) is 0 Å². The Morgan fingerprint density at radius 2 is 2.21 bits per heavy atom. The lowest BCUT2D eigenvalue weighted by atomic mass is 10.1. The lowest BCUT2D eigenvalue weighted by molar-refractivity contribution is -0.229. The number of carbonyl (C=O) groups excluding carboxylic acids is 1. The molecule has 0 amide bonds. The van der Waals surface area contributed by atoms with Crippen LogP contribution in [0.4, 0.5) is 0 Å². The molecule has 0 saturated carbocycles. The molecular formula is C9H15ClO4. The van der Waals surface area contributed by atoms with Gasteiger partial charge >= 0.3 is 5.97 Å². The quantitative estimate of drug-likeness (QED) is 0.323. The van der Waals surface area contributed by atoms with Gasteiger partial charge in [0, 0.05) is 12.0 Å². The molecule has 0 aliphatic rings. The van der Waals surface area contributed by atoms with Crippen LogP contribution in [0.5, 0.6) is 0 Å². The van der Waals surface area contributed by atoms with Crippen molar-refractivity contribution in [2.24, 2.45) is 0 Å². The van der Waals surface area contributed by atoms with Crippen LogP contribution < -0.4 is 0 Å². The standard InChI is InChI=1S/C9H15ClO4/c1-3-4-5-7(8(11)14-13)6-9(2,10)12/h5,12-13H,3-4,6H2,1-2H3. The smallest absolute Gasteiger partial charge is 0.368 e. The third kappa shape index (κ3) is 5.96. The van der Waals surface area contributed by atoms with Gasteiger partial charge in [-0.3, -0.25) is 4.89 Å². The Morgan fingerprint density at radius 3 is 2.57 bits per heavy atom. The van der Waals surface area contributed by atoms with Crippen molar-refractivity contribution >= 4 is 17.6 Å². The zero-order valence-corrected chi connectivity index (χ0v) is 9.04. The Bertz CT molecular complexity index is 217. The molecule has 0 radical (unpaired) electrons. The Labute approximate surface area is 88.1 Å². The highest BCUT2D eigenvalue weighted by Crippen LogP contribution is 2.21. The molecular weight excluding hydrogens is 208 g/mol. The number of hydrogen-bond acceptors (Lipinski definition) is 4. The summed E-state index contributed by atoms with van der Waals surface area (Å²) >= 11 is 5.53. The first-order valence-corrected chi connectivity index (χ1v) is 4.74. The summed E-state index contributed by atoms with van der Waals surface area (Å²) in [7, 11) is 0. The van der Waals surface area contributed by atoms with Crippen molar-refractivity contribution in [3.63, 3.8) is 0 Å². The minimum atomic E-state index is -1.51. The summed E-state index contributed by atoms with van der Waals surface area (Å²) in [5, 5.41) is 15.9. The van der Waals surface area contributed by atoms with E-state index in [4.69, 9.17) is 16.9 Å². The maximum Gasteiger partial charge on any atom is 0.368 e. The number of unbranched alkanes of at least 4 members (excludes halogenated alkanes) is 1. The monoisotopic (exact) mass is 222 g/mol. The first-order valence-electron chi connectivity index (χ1n) is 4.36. The summed E-state index contributed by atoms with van der Waals surface area (Å²) in [6, 6.07) is 0. The molecule has 0 saturated heterocycles. The number of hydrogen-bond donors (Lipinski definition) is 2. The van der Waals surface area contributed by atoms with Gasteiger partial charge in [-0.25, -0.2) is 4.79 Å². The summed E-state index contributed by atoms with van der Waals surface area (Å²) in [4.78, 5) is 14.6. The second-order valence-corrected chi connectivity index (χ2v) is 4.03. The van der Waals surface area contributed by atoms with Crippen LogP contribution in [0.1, 0.15) is 33.1 Å². The number of alkyl halides is 1. The van der Waals surface area contributed by atoms with Gasteiger partial charge in [0.25, 0.3) is 0 Å².